The van der Waals surface area contributed by atoms with Gasteiger partial charge in [0, 0.05) is 23.4 Å². The van der Waals surface area contributed by atoms with Crippen LogP contribution in [0.25, 0.3) is 0 Å². The van der Waals surface area contributed by atoms with E-state index >= 15 is 0 Å². The van der Waals surface area contributed by atoms with Gasteiger partial charge in [0.2, 0.25) is 11.8 Å². The Labute approximate surface area is 190 Å². The van der Waals surface area contributed by atoms with E-state index < -0.39 is 0 Å². The summed E-state index contributed by atoms with van der Waals surface area (Å²) in [5.74, 6) is 1.06. The summed E-state index contributed by atoms with van der Waals surface area (Å²) in [6.45, 7) is 2.64. The molecule has 31 heavy (non-hydrogen) atoms. The fraction of sp³-hybridized carbons (Fsp3) is 0.304. The van der Waals surface area contributed by atoms with Crippen LogP contribution >= 0.6 is 22.9 Å². The second-order valence-electron chi connectivity index (χ2n) is 7.37. The van der Waals surface area contributed by atoms with Crippen molar-refractivity contribution in [2.75, 3.05) is 19.7 Å². The first-order chi connectivity index (χ1) is 15.0. The Kier molecular flexibility index (Phi) is 6.63. The van der Waals surface area contributed by atoms with Crippen molar-refractivity contribution in [3.05, 3.63) is 75.3 Å². The molecule has 162 valence electrons. The van der Waals surface area contributed by atoms with Crippen molar-refractivity contribution < 1.29 is 18.7 Å². The molecule has 0 saturated heterocycles. The molecular formula is C23H23ClN2O4S. The number of furan rings is 1. The number of hydrogen-bond donors (Lipinski definition) is 0. The van der Waals surface area contributed by atoms with E-state index in [9.17, 15) is 9.59 Å². The topological polar surface area (TPSA) is 63.0 Å². The van der Waals surface area contributed by atoms with Gasteiger partial charge in [0.05, 0.1) is 18.8 Å². The fourth-order valence-electron chi connectivity index (χ4n) is 3.70. The summed E-state index contributed by atoms with van der Waals surface area (Å²) in [6.07, 6.45) is 2.36. The first-order valence-corrected chi connectivity index (χ1v) is 11.3. The zero-order chi connectivity index (χ0) is 21.8. The number of rotatable bonds is 7. The molecule has 3 heterocycles. The van der Waals surface area contributed by atoms with Crippen LogP contribution in [0, 0.1) is 0 Å². The van der Waals surface area contributed by atoms with Crippen molar-refractivity contribution in [1.82, 2.24) is 9.80 Å². The summed E-state index contributed by atoms with van der Waals surface area (Å²) >= 11 is 7.66. The molecule has 0 fully saturated rings. The first kappa shape index (κ1) is 21.5. The molecule has 1 aliphatic heterocycles. The highest BCUT2D eigenvalue weighted by Crippen LogP contribution is 2.34. The molecule has 0 N–H and O–H groups in total. The maximum atomic E-state index is 13.3. The summed E-state index contributed by atoms with van der Waals surface area (Å²) in [5, 5.41) is 2.69. The summed E-state index contributed by atoms with van der Waals surface area (Å²) in [6, 6.07) is 12.6. The monoisotopic (exact) mass is 458 g/mol. The highest BCUT2D eigenvalue weighted by Gasteiger charge is 2.33. The number of hydrogen-bond acceptors (Lipinski definition) is 5. The minimum Gasteiger partial charge on any atom is -0.491 e. The number of thiophene rings is 1. The standard InChI is InChI=1S/C23H23ClN2O4S/c1-16(27)25(13-19-3-2-11-29-19)14-23(28)26-10-8-22-20(9-12-31-22)21(26)15-30-18-6-4-17(24)5-7-18/h2-7,9,11-12,21H,8,10,13-15H2,1H3/t21-/m0/s1. The van der Waals surface area contributed by atoms with E-state index in [0.717, 1.165) is 12.0 Å². The molecule has 0 unspecified atom stereocenters. The zero-order valence-corrected chi connectivity index (χ0v) is 18.7. The molecule has 8 heteroatoms. The molecule has 2 amide bonds. The highest BCUT2D eigenvalue weighted by molar-refractivity contribution is 7.10. The van der Waals surface area contributed by atoms with Crippen molar-refractivity contribution in [3.63, 3.8) is 0 Å². The number of carbonyl (C=O) groups excluding carboxylic acids is 2. The molecule has 1 aliphatic rings. The average Bonchev–Trinajstić information content (AvgIpc) is 3.44. The summed E-state index contributed by atoms with van der Waals surface area (Å²) in [5.41, 5.74) is 1.11. The maximum absolute atomic E-state index is 13.3. The van der Waals surface area contributed by atoms with Gasteiger partial charge < -0.3 is 19.0 Å². The third kappa shape index (κ3) is 5.11. The van der Waals surface area contributed by atoms with Crippen LogP contribution in [0.2, 0.25) is 5.02 Å². The lowest BCUT2D eigenvalue weighted by molar-refractivity contribution is -0.142. The van der Waals surface area contributed by atoms with Gasteiger partial charge in [-0.05, 0) is 59.8 Å². The number of fused-ring (bicyclic) bond motifs is 1. The SMILES string of the molecule is CC(=O)N(CC(=O)N1CCc2sccc2[C@@H]1COc1ccc(Cl)cc1)Cc1ccco1. The summed E-state index contributed by atoms with van der Waals surface area (Å²) in [7, 11) is 0. The van der Waals surface area contributed by atoms with Crippen molar-refractivity contribution in [1.29, 1.82) is 0 Å². The third-order valence-electron chi connectivity index (χ3n) is 5.33. The van der Waals surface area contributed by atoms with Gasteiger partial charge in [0.1, 0.15) is 24.7 Å². The molecule has 1 aromatic carbocycles. The van der Waals surface area contributed by atoms with Crippen LogP contribution in [0.1, 0.15) is 29.2 Å². The van der Waals surface area contributed by atoms with Gasteiger partial charge in [0.15, 0.2) is 0 Å². The molecular weight excluding hydrogens is 436 g/mol. The van der Waals surface area contributed by atoms with E-state index in [0.29, 0.717) is 29.7 Å². The lowest BCUT2D eigenvalue weighted by Gasteiger charge is -2.37. The minimum absolute atomic E-state index is 0.00700. The van der Waals surface area contributed by atoms with Crippen LogP contribution in [0.15, 0.2) is 58.5 Å². The zero-order valence-electron chi connectivity index (χ0n) is 17.1. The number of nitrogens with zero attached hydrogens (tertiary/aromatic N) is 2. The molecule has 0 spiro atoms. The Morgan fingerprint density at radius 2 is 2.06 bits per heavy atom. The second-order valence-corrected chi connectivity index (χ2v) is 8.81. The number of ether oxygens (including phenoxy) is 1. The highest BCUT2D eigenvalue weighted by atomic mass is 35.5. The molecule has 3 aromatic rings. The molecule has 0 radical (unpaired) electrons. The van der Waals surface area contributed by atoms with Crippen molar-refractivity contribution in [2.45, 2.75) is 25.9 Å². The minimum atomic E-state index is -0.212. The Morgan fingerprint density at radius 1 is 1.26 bits per heavy atom. The molecule has 4 rings (SSSR count). The smallest absolute Gasteiger partial charge is 0.242 e. The van der Waals surface area contributed by atoms with Crippen LogP contribution in [0.4, 0.5) is 0 Å². The van der Waals surface area contributed by atoms with Crippen LogP contribution in [0.3, 0.4) is 0 Å². The van der Waals surface area contributed by atoms with Gasteiger partial charge in [-0.1, -0.05) is 11.6 Å². The lowest BCUT2D eigenvalue weighted by atomic mass is 10.0. The number of carbonyl (C=O) groups is 2. The third-order valence-corrected chi connectivity index (χ3v) is 6.58. The van der Waals surface area contributed by atoms with Gasteiger partial charge in [-0.3, -0.25) is 9.59 Å². The Bertz CT molecular complexity index is 1030. The number of benzene rings is 1. The second kappa shape index (κ2) is 9.58. The van der Waals surface area contributed by atoms with Crippen molar-refractivity contribution >= 4 is 34.8 Å². The molecule has 0 bridgehead atoms. The largest absolute Gasteiger partial charge is 0.491 e. The van der Waals surface area contributed by atoms with E-state index in [-0.39, 0.29) is 30.9 Å². The van der Waals surface area contributed by atoms with Crippen LogP contribution in [-0.4, -0.2) is 41.3 Å². The normalized spacial score (nSPS) is 15.4. The molecule has 0 saturated carbocycles. The molecule has 0 aliphatic carbocycles. The number of amides is 2. The van der Waals surface area contributed by atoms with Gasteiger partial charge in [-0.2, -0.15) is 0 Å². The van der Waals surface area contributed by atoms with Crippen LogP contribution < -0.4 is 4.74 Å². The van der Waals surface area contributed by atoms with Crippen LogP contribution in [-0.2, 0) is 22.6 Å². The van der Waals surface area contributed by atoms with Gasteiger partial charge in [-0.25, -0.2) is 0 Å². The quantitative estimate of drug-likeness (QED) is 0.521. The van der Waals surface area contributed by atoms with E-state index in [4.69, 9.17) is 20.8 Å². The Hall–Kier alpha value is -2.77. The predicted octanol–water partition coefficient (Wildman–Crippen LogP) is 4.55. The Balaban J connectivity index is 1.49. The average molecular weight is 459 g/mol. The van der Waals surface area contributed by atoms with E-state index in [1.165, 1.54) is 16.7 Å². The fourth-order valence-corrected chi connectivity index (χ4v) is 4.76. The molecule has 2 aromatic heterocycles. The predicted molar refractivity (Wildman–Crippen MR) is 119 cm³/mol. The van der Waals surface area contributed by atoms with Gasteiger partial charge in [-0.15, -0.1) is 11.3 Å². The maximum Gasteiger partial charge on any atom is 0.242 e. The molecule has 1 atom stereocenters. The first-order valence-electron chi connectivity index (χ1n) is 10.0. The summed E-state index contributed by atoms with van der Waals surface area (Å²) in [4.78, 5) is 30.0. The lowest BCUT2D eigenvalue weighted by Crippen LogP contribution is -2.47. The van der Waals surface area contributed by atoms with Crippen molar-refractivity contribution in [2.24, 2.45) is 0 Å². The Morgan fingerprint density at radius 3 is 2.77 bits per heavy atom. The van der Waals surface area contributed by atoms with Gasteiger partial charge in [0.25, 0.3) is 0 Å². The number of halogens is 1. The van der Waals surface area contributed by atoms with Gasteiger partial charge >= 0.3 is 0 Å². The summed E-state index contributed by atoms with van der Waals surface area (Å²) < 4.78 is 11.3. The van der Waals surface area contributed by atoms with E-state index in [1.807, 2.05) is 22.4 Å². The van der Waals surface area contributed by atoms with E-state index in [2.05, 4.69) is 6.07 Å². The van der Waals surface area contributed by atoms with E-state index in [1.54, 1.807) is 41.9 Å². The van der Waals surface area contributed by atoms with Crippen molar-refractivity contribution in [3.8, 4) is 5.75 Å². The molecule has 6 nitrogen and oxygen atoms in total. The van der Waals surface area contributed by atoms with Crippen LogP contribution in [0.5, 0.6) is 5.75 Å².